The highest BCUT2D eigenvalue weighted by Crippen LogP contribution is 2.24. The second-order valence-corrected chi connectivity index (χ2v) is 8.75. The van der Waals surface area contributed by atoms with Gasteiger partial charge in [0, 0.05) is 24.9 Å². The molecule has 1 amide bonds. The molecule has 1 fully saturated rings. The summed E-state index contributed by atoms with van der Waals surface area (Å²) in [7, 11) is 0. The van der Waals surface area contributed by atoms with E-state index < -0.39 is 0 Å². The minimum Gasteiger partial charge on any atom is -0.369 e. The fourth-order valence-corrected chi connectivity index (χ4v) is 4.41. The van der Waals surface area contributed by atoms with Crippen LogP contribution in [0.5, 0.6) is 0 Å². The van der Waals surface area contributed by atoms with Crippen LogP contribution in [0, 0.1) is 5.92 Å². The number of unbranched alkanes of at least 4 members (excludes halogenated alkanes) is 1. The summed E-state index contributed by atoms with van der Waals surface area (Å²) >= 11 is 0. The SMILES string of the molecule is CCNC(=NCC(c1ccccc1)c1ccccc1)NCCCCN1CCC(C(N)=O)CC1. The number of primary amides is 1. The van der Waals surface area contributed by atoms with Crippen molar-refractivity contribution in [3.63, 3.8) is 0 Å². The van der Waals surface area contributed by atoms with E-state index in [9.17, 15) is 4.79 Å². The van der Waals surface area contributed by atoms with Crippen molar-refractivity contribution in [1.29, 1.82) is 0 Å². The molecule has 0 aromatic heterocycles. The van der Waals surface area contributed by atoms with Crippen LogP contribution in [0.1, 0.15) is 49.7 Å². The maximum Gasteiger partial charge on any atom is 0.220 e. The summed E-state index contributed by atoms with van der Waals surface area (Å²) in [6.45, 7) is 7.55. The van der Waals surface area contributed by atoms with Gasteiger partial charge in [-0.2, -0.15) is 0 Å². The van der Waals surface area contributed by atoms with Crippen LogP contribution >= 0.6 is 0 Å². The van der Waals surface area contributed by atoms with Crippen LogP contribution in [0.2, 0.25) is 0 Å². The monoisotopic (exact) mass is 449 g/mol. The first-order valence-electron chi connectivity index (χ1n) is 12.3. The lowest BCUT2D eigenvalue weighted by atomic mass is 9.91. The average molecular weight is 450 g/mol. The van der Waals surface area contributed by atoms with E-state index in [1.54, 1.807) is 0 Å². The molecule has 2 aromatic rings. The third-order valence-electron chi connectivity index (χ3n) is 6.36. The number of guanidine groups is 1. The van der Waals surface area contributed by atoms with Crippen LogP contribution in [-0.2, 0) is 4.79 Å². The molecular formula is C27H39N5O. The highest BCUT2D eigenvalue weighted by Gasteiger charge is 2.22. The summed E-state index contributed by atoms with van der Waals surface area (Å²) in [4.78, 5) is 18.7. The average Bonchev–Trinajstić information content (AvgIpc) is 2.85. The number of nitrogens with two attached hydrogens (primary N) is 1. The number of rotatable bonds is 11. The molecule has 178 valence electrons. The minimum atomic E-state index is -0.143. The maximum atomic E-state index is 11.3. The highest BCUT2D eigenvalue weighted by molar-refractivity contribution is 5.79. The van der Waals surface area contributed by atoms with Crippen LogP contribution in [0.4, 0.5) is 0 Å². The van der Waals surface area contributed by atoms with E-state index in [0.717, 1.165) is 64.4 Å². The first-order valence-corrected chi connectivity index (χ1v) is 12.3. The summed E-state index contributed by atoms with van der Waals surface area (Å²) in [6.07, 6.45) is 4.01. The fraction of sp³-hybridized carbons (Fsp3) is 0.481. The van der Waals surface area contributed by atoms with E-state index in [1.165, 1.54) is 11.1 Å². The first kappa shape index (κ1) is 24.8. The standard InChI is InChI=1S/C27H39N5O/c1-2-29-27(30-17-9-10-18-32-19-15-24(16-20-32)26(28)33)31-21-25(22-11-5-3-6-12-22)23-13-7-4-8-14-23/h3-8,11-14,24-25H,2,9-10,15-21H2,1H3,(H2,28,33)(H2,29,30,31). The summed E-state index contributed by atoms with van der Waals surface area (Å²) in [6, 6.07) is 21.2. The van der Waals surface area contributed by atoms with Crippen molar-refractivity contribution in [2.45, 2.75) is 38.5 Å². The Kier molecular flexibility index (Phi) is 10.2. The number of nitrogens with one attached hydrogen (secondary N) is 2. The minimum absolute atomic E-state index is 0.0670. The van der Waals surface area contributed by atoms with Crippen molar-refractivity contribution in [3.05, 3.63) is 71.8 Å². The van der Waals surface area contributed by atoms with Crippen molar-refractivity contribution in [3.8, 4) is 0 Å². The summed E-state index contributed by atoms with van der Waals surface area (Å²) in [5, 5.41) is 6.88. The molecule has 6 nitrogen and oxygen atoms in total. The second-order valence-electron chi connectivity index (χ2n) is 8.75. The molecule has 0 spiro atoms. The number of hydrogen-bond donors (Lipinski definition) is 3. The molecule has 1 saturated heterocycles. The van der Waals surface area contributed by atoms with Crippen LogP contribution in [0.15, 0.2) is 65.7 Å². The van der Waals surface area contributed by atoms with Gasteiger partial charge in [-0.25, -0.2) is 0 Å². The van der Waals surface area contributed by atoms with E-state index in [-0.39, 0.29) is 17.7 Å². The Hall–Kier alpha value is -2.86. The number of nitrogens with zero attached hydrogens (tertiary/aromatic N) is 2. The molecule has 1 heterocycles. The van der Waals surface area contributed by atoms with E-state index in [4.69, 9.17) is 10.7 Å². The number of carbonyl (C=O) groups is 1. The van der Waals surface area contributed by atoms with Crippen molar-refractivity contribution >= 4 is 11.9 Å². The second kappa shape index (κ2) is 13.6. The molecule has 0 atom stereocenters. The van der Waals surface area contributed by atoms with Gasteiger partial charge in [0.15, 0.2) is 5.96 Å². The summed E-state index contributed by atoms with van der Waals surface area (Å²) in [5.41, 5.74) is 7.99. The van der Waals surface area contributed by atoms with Gasteiger partial charge in [0.1, 0.15) is 0 Å². The Morgan fingerprint density at radius 3 is 2.15 bits per heavy atom. The number of hydrogen-bond acceptors (Lipinski definition) is 3. The zero-order chi connectivity index (χ0) is 23.3. The lowest BCUT2D eigenvalue weighted by Gasteiger charge is -2.30. The molecule has 3 rings (SSSR count). The van der Waals surface area contributed by atoms with Crippen molar-refractivity contribution in [1.82, 2.24) is 15.5 Å². The molecule has 0 aliphatic carbocycles. The van der Waals surface area contributed by atoms with Crippen LogP contribution < -0.4 is 16.4 Å². The van der Waals surface area contributed by atoms with Gasteiger partial charge in [0.25, 0.3) is 0 Å². The highest BCUT2D eigenvalue weighted by atomic mass is 16.1. The van der Waals surface area contributed by atoms with Crippen molar-refractivity contribution in [2.24, 2.45) is 16.6 Å². The van der Waals surface area contributed by atoms with E-state index in [1.807, 2.05) is 0 Å². The third-order valence-corrected chi connectivity index (χ3v) is 6.36. The normalized spacial score (nSPS) is 15.5. The quantitative estimate of drug-likeness (QED) is 0.279. The molecular weight excluding hydrogens is 410 g/mol. The number of carbonyl (C=O) groups excluding carboxylic acids is 1. The van der Waals surface area contributed by atoms with E-state index in [2.05, 4.69) is 83.1 Å². The van der Waals surface area contributed by atoms with Gasteiger partial charge >= 0.3 is 0 Å². The molecule has 0 radical (unpaired) electrons. The van der Waals surface area contributed by atoms with Crippen LogP contribution in [0.3, 0.4) is 0 Å². The Balaban J connectivity index is 1.47. The molecule has 0 unspecified atom stereocenters. The summed E-state index contributed by atoms with van der Waals surface area (Å²) < 4.78 is 0. The Bertz CT molecular complexity index is 808. The lowest BCUT2D eigenvalue weighted by Crippen LogP contribution is -2.40. The zero-order valence-electron chi connectivity index (χ0n) is 19.9. The van der Waals surface area contributed by atoms with Crippen molar-refractivity contribution < 1.29 is 4.79 Å². The largest absolute Gasteiger partial charge is 0.369 e. The lowest BCUT2D eigenvalue weighted by molar-refractivity contribution is -0.123. The molecule has 4 N–H and O–H groups in total. The number of aliphatic imine (C=N–C) groups is 1. The zero-order valence-corrected chi connectivity index (χ0v) is 19.9. The number of benzene rings is 2. The Morgan fingerprint density at radius 2 is 1.61 bits per heavy atom. The topological polar surface area (TPSA) is 82.8 Å². The molecule has 2 aromatic carbocycles. The predicted molar refractivity (Wildman–Crippen MR) is 136 cm³/mol. The van der Waals surface area contributed by atoms with Gasteiger partial charge in [-0.15, -0.1) is 0 Å². The summed E-state index contributed by atoms with van der Waals surface area (Å²) in [5.74, 6) is 1.02. The number of amides is 1. The van der Waals surface area contributed by atoms with Gasteiger partial charge < -0.3 is 21.3 Å². The molecule has 0 saturated carbocycles. The van der Waals surface area contributed by atoms with Gasteiger partial charge in [-0.3, -0.25) is 9.79 Å². The van der Waals surface area contributed by atoms with E-state index >= 15 is 0 Å². The number of likely N-dealkylation sites (tertiary alicyclic amines) is 1. The number of piperidine rings is 1. The smallest absolute Gasteiger partial charge is 0.220 e. The van der Waals surface area contributed by atoms with E-state index in [0.29, 0.717) is 6.54 Å². The Morgan fingerprint density at radius 1 is 1.00 bits per heavy atom. The van der Waals surface area contributed by atoms with Crippen molar-refractivity contribution in [2.75, 3.05) is 39.3 Å². The Labute approximate surface area is 198 Å². The molecule has 1 aliphatic heterocycles. The van der Waals surface area contributed by atoms with Gasteiger partial charge in [-0.05, 0) is 63.4 Å². The molecule has 0 bridgehead atoms. The fourth-order valence-electron chi connectivity index (χ4n) is 4.41. The van der Waals surface area contributed by atoms with Gasteiger partial charge in [0.05, 0.1) is 6.54 Å². The maximum absolute atomic E-state index is 11.3. The first-order chi connectivity index (χ1) is 16.2. The van der Waals surface area contributed by atoms with Gasteiger partial charge in [-0.1, -0.05) is 60.7 Å². The third kappa shape index (κ3) is 8.21. The predicted octanol–water partition coefficient (Wildman–Crippen LogP) is 3.35. The molecule has 33 heavy (non-hydrogen) atoms. The van der Waals surface area contributed by atoms with Gasteiger partial charge in [0.2, 0.25) is 5.91 Å². The van der Waals surface area contributed by atoms with Crippen LogP contribution in [0.25, 0.3) is 0 Å². The molecule has 1 aliphatic rings. The molecule has 6 heteroatoms. The van der Waals surface area contributed by atoms with Crippen LogP contribution in [-0.4, -0.2) is 56.0 Å².